The average molecular weight is 279 g/mol. The molecule has 2 aromatic carbocycles. The molecule has 2 heterocycles. The van der Waals surface area contributed by atoms with Crippen LogP contribution in [0.2, 0.25) is 0 Å². The molecule has 1 N–H and O–H groups in total. The van der Waals surface area contributed by atoms with Crippen LogP contribution >= 0.6 is 0 Å². The molecule has 0 fully saturated rings. The predicted molar refractivity (Wildman–Crippen MR) is 84.6 cm³/mol. The summed E-state index contributed by atoms with van der Waals surface area (Å²) in [6, 6.07) is 16.3. The van der Waals surface area contributed by atoms with Crippen LogP contribution < -0.4 is 10.2 Å². The molecule has 0 radical (unpaired) electrons. The van der Waals surface area contributed by atoms with Crippen molar-refractivity contribution >= 4 is 22.5 Å². The zero-order valence-electron chi connectivity index (χ0n) is 11.7. The van der Waals surface area contributed by atoms with Gasteiger partial charge in [0.25, 0.3) is 0 Å². The highest BCUT2D eigenvalue weighted by Crippen LogP contribution is 2.29. The monoisotopic (exact) mass is 279 g/mol. The lowest BCUT2D eigenvalue weighted by Gasteiger charge is -2.22. The van der Waals surface area contributed by atoms with Crippen molar-refractivity contribution in [2.45, 2.75) is 13.0 Å². The molecule has 0 unspecified atom stereocenters. The maximum atomic E-state index is 5.85. The van der Waals surface area contributed by atoms with Crippen LogP contribution in [0.4, 0.5) is 11.4 Å². The standard InChI is InChI=1S/C17H17N3O/c1-3-8-15-13(6-1)18-10-5-11-20(15)12-17-19-14-7-2-4-9-16(14)21-17/h1-4,6-9,18H,5,10-12H2. The fraction of sp³-hybridized carbons (Fsp3) is 0.235. The first-order chi connectivity index (χ1) is 10.4. The Hall–Kier alpha value is -2.49. The zero-order chi connectivity index (χ0) is 14.1. The first kappa shape index (κ1) is 12.3. The number of hydrogen-bond donors (Lipinski definition) is 1. The van der Waals surface area contributed by atoms with Gasteiger partial charge in [0.15, 0.2) is 5.58 Å². The summed E-state index contributed by atoms with van der Waals surface area (Å²) < 4.78 is 5.85. The Morgan fingerprint density at radius 3 is 2.90 bits per heavy atom. The molecule has 4 heteroatoms. The van der Waals surface area contributed by atoms with Crippen molar-refractivity contribution in [1.82, 2.24) is 4.98 Å². The Bertz CT molecular complexity index is 732. The molecule has 4 nitrogen and oxygen atoms in total. The van der Waals surface area contributed by atoms with Crippen LogP contribution in [0.25, 0.3) is 11.1 Å². The molecule has 0 saturated heterocycles. The molecular formula is C17H17N3O. The molecule has 21 heavy (non-hydrogen) atoms. The molecule has 0 bridgehead atoms. The zero-order valence-corrected chi connectivity index (χ0v) is 11.7. The maximum absolute atomic E-state index is 5.85. The smallest absolute Gasteiger partial charge is 0.215 e. The molecule has 3 aromatic rings. The van der Waals surface area contributed by atoms with E-state index in [0.29, 0.717) is 6.54 Å². The van der Waals surface area contributed by atoms with Crippen LogP contribution in [0.3, 0.4) is 0 Å². The van der Waals surface area contributed by atoms with Crippen LogP contribution in [-0.4, -0.2) is 18.1 Å². The number of oxazole rings is 1. The van der Waals surface area contributed by atoms with Gasteiger partial charge in [-0.3, -0.25) is 0 Å². The van der Waals surface area contributed by atoms with Gasteiger partial charge < -0.3 is 14.6 Å². The molecule has 0 atom stereocenters. The Kier molecular flexibility index (Phi) is 2.99. The molecule has 0 spiro atoms. The minimum atomic E-state index is 0.702. The second-order valence-electron chi connectivity index (χ2n) is 5.29. The lowest BCUT2D eigenvalue weighted by atomic mass is 10.2. The van der Waals surface area contributed by atoms with Crippen molar-refractivity contribution in [2.24, 2.45) is 0 Å². The van der Waals surface area contributed by atoms with E-state index >= 15 is 0 Å². The first-order valence-electron chi connectivity index (χ1n) is 7.32. The quantitative estimate of drug-likeness (QED) is 0.777. The summed E-state index contributed by atoms with van der Waals surface area (Å²) in [7, 11) is 0. The Labute approximate surface area is 123 Å². The van der Waals surface area contributed by atoms with E-state index in [4.69, 9.17) is 4.42 Å². The van der Waals surface area contributed by atoms with Gasteiger partial charge in [-0.05, 0) is 30.7 Å². The summed E-state index contributed by atoms with van der Waals surface area (Å²) in [5.74, 6) is 0.771. The predicted octanol–water partition coefficient (Wildman–Crippen LogP) is 3.65. The van der Waals surface area contributed by atoms with Gasteiger partial charge in [0, 0.05) is 13.1 Å². The van der Waals surface area contributed by atoms with Crippen molar-refractivity contribution in [2.75, 3.05) is 23.3 Å². The van der Waals surface area contributed by atoms with Gasteiger partial charge in [-0.15, -0.1) is 0 Å². The number of benzene rings is 2. The lowest BCUT2D eigenvalue weighted by molar-refractivity contribution is 0.519. The first-order valence-corrected chi connectivity index (χ1v) is 7.32. The number of nitrogens with zero attached hydrogens (tertiary/aromatic N) is 2. The molecule has 1 aliphatic rings. The highest BCUT2D eigenvalue weighted by molar-refractivity contribution is 5.73. The van der Waals surface area contributed by atoms with E-state index in [1.54, 1.807) is 0 Å². The molecule has 4 rings (SSSR count). The van der Waals surface area contributed by atoms with Crippen molar-refractivity contribution in [3.8, 4) is 0 Å². The van der Waals surface area contributed by atoms with E-state index in [1.807, 2.05) is 24.3 Å². The van der Waals surface area contributed by atoms with Gasteiger partial charge in [0.2, 0.25) is 5.89 Å². The Morgan fingerprint density at radius 1 is 1.10 bits per heavy atom. The van der Waals surface area contributed by atoms with Crippen LogP contribution in [0.15, 0.2) is 52.9 Å². The summed E-state index contributed by atoms with van der Waals surface area (Å²) in [5.41, 5.74) is 4.19. The maximum Gasteiger partial charge on any atom is 0.215 e. The normalized spacial score (nSPS) is 14.6. The Morgan fingerprint density at radius 2 is 1.95 bits per heavy atom. The number of aromatic nitrogens is 1. The van der Waals surface area contributed by atoms with Gasteiger partial charge in [0.1, 0.15) is 5.52 Å². The summed E-state index contributed by atoms with van der Waals surface area (Å²) in [4.78, 5) is 6.91. The Balaban J connectivity index is 1.67. The highest BCUT2D eigenvalue weighted by Gasteiger charge is 2.17. The summed E-state index contributed by atoms with van der Waals surface area (Å²) in [5, 5.41) is 3.47. The van der Waals surface area contributed by atoms with Crippen molar-refractivity contribution in [3.63, 3.8) is 0 Å². The molecular weight excluding hydrogens is 262 g/mol. The fourth-order valence-corrected chi connectivity index (χ4v) is 2.83. The molecule has 106 valence electrons. The number of fused-ring (bicyclic) bond motifs is 2. The van der Waals surface area contributed by atoms with E-state index in [9.17, 15) is 0 Å². The van der Waals surface area contributed by atoms with Gasteiger partial charge in [0.05, 0.1) is 17.9 Å². The summed E-state index contributed by atoms with van der Waals surface area (Å²) in [6.45, 7) is 2.71. The van der Waals surface area contributed by atoms with Crippen LogP contribution in [0, 0.1) is 0 Å². The van der Waals surface area contributed by atoms with E-state index < -0.39 is 0 Å². The second kappa shape index (κ2) is 5.13. The number of anilines is 2. The lowest BCUT2D eigenvalue weighted by Crippen LogP contribution is -2.23. The minimum Gasteiger partial charge on any atom is -0.439 e. The highest BCUT2D eigenvalue weighted by atomic mass is 16.3. The number of rotatable bonds is 2. The van der Waals surface area contributed by atoms with Gasteiger partial charge >= 0.3 is 0 Å². The number of nitrogens with one attached hydrogen (secondary N) is 1. The van der Waals surface area contributed by atoms with Crippen molar-refractivity contribution in [3.05, 3.63) is 54.4 Å². The summed E-state index contributed by atoms with van der Waals surface area (Å²) in [6.07, 6.45) is 1.11. The largest absolute Gasteiger partial charge is 0.439 e. The molecule has 0 aliphatic carbocycles. The van der Waals surface area contributed by atoms with E-state index in [-0.39, 0.29) is 0 Å². The van der Waals surface area contributed by atoms with E-state index in [0.717, 1.165) is 36.5 Å². The molecule has 1 aromatic heterocycles. The van der Waals surface area contributed by atoms with Crippen LogP contribution in [-0.2, 0) is 6.54 Å². The topological polar surface area (TPSA) is 41.3 Å². The average Bonchev–Trinajstić information content (AvgIpc) is 2.82. The second-order valence-corrected chi connectivity index (χ2v) is 5.29. The third-order valence-corrected chi connectivity index (χ3v) is 3.83. The third kappa shape index (κ3) is 2.33. The molecule has 0 saturated carbocycles. The van der Waals surface area contributed by atoms with E-state index in [2.05, 4.69) is 39.5 Å². The SMILES string of the molecule is c1ccc2c(c1)NCCCN2Cc1nc2ccccc2o1. The van der Waals surface area contributed by atoms with Gasteiger partial charge in [-0.2, -0.15) is 0 Å². The third-order valence-electron chi connectivity index (χ3n) is 3.83. The molecule has 1 aliphatic heterocycles. The van der Waals surface area contributed by atoms with Crippen LogP contribution in [0.1, 0.15) is 12.3 Å². The van der Waals surface area contributed by atoms with Gasteiger partial charge in [-0.1, -0.05) is 24.3 Å². The van der Waals surface area contributed by atoms with Crippen molar-refractivity contribution < 1.29 is 4.42 Å². The summed E-state index contributed by atoms with van der Waals surface area (Å²) >= 11 is 0. The minimum absolute atomic E-state index is 0.702. The van der Waals surface area contributed by atoms with Crippen LogP contribution in [0.5, 0.6) is 0 Å². The molecule has 0 amide bonds. The van der Waals surface area contributed by atoms with E-state index in [1.165, 1.54) is 11.4 Å². The number of para-hydroxylation sites is 4. The number of hydrogen-bond acceptors (Lipinski definition) is 4. The van der Waals surface area contributed by atoms with Crippen molar-refractivity contribution in [1.29, 1.82) is 0 Å². The fourth-order valence-electron chi connectivity index (χ4n) is 2.83. The van der Waals surface area contributed by atoms with Gasteiger partial charge in [-0.25, -0.2) is 4.98 Å².